The van der Waals surface area contributed by atoms with E-state index in [4.69, 9.17) is 4.74 Å². The van der Waals surface area contributed by atoms with E-state index in [9.17, 15) is 9.59 Å². The molecular formula is C15H18N4O3. The van der Waals surface area contributed by atoms with Crippen LogP contribution < -0.4 is 4.90 Å². The molecule has 2 heterocycles. The highest BCUT2D eigenvalue weighted by molar-refractivity contribution is 5.99. The van der Waals surface area contributed by atoms with Crippen molar-refractivity contribution in [2.45, 2.75) is 13.8 Å². The number of hydrogen-bond donors (Lipinski definition) is 1. The maximum Gasteiger partial charge on any atom is 0.326 e. The van der Waals surface area contributed by atoms with Crippen molar-refractivity contribution in [3.05, 3.63) is 41.5 Å². The van der Waals surface area contributed by atoms with E-state index in [1.165, 1.54) is 0 Å². The fourth-order valence-corrected chi connectivity index (χ4v) is 2.04. The van der Waals surface area contributed by atoms with Gasteiger partial charge in [0.25, 0.3) is 0 Å². The predicted molar refractivity (Wildman–Crippen MR) is 80.9 cm³/mol. The number of esters is 1. The number of anilines is 1. The summed E-state index contributed by atoms with van der Waals surface area (Å²) in [5.41, 5.74) is 2.21. The van der Waals surface area contributed by atoms with Crippen molar-refractivity contribution in [3.63, 3.8) is 0 Å². The average Bonchev–Trinajstić information content (AvgIpc) is 2.84. The highest BCUT2D eigenvalue weighted by Crippen LogP contribution is 2.10. The maximum absolute atomic E-state index is 12.0. The molecule has 0 unspecified atom stereocenters. The molecule has 0 aliphatic rings. The number of aryl methyl sites for hydroxylation is 2. The Hall–Kier alpha value is -2.70. The van der Waals surface area contributed by atoms with Gasteiger partial charge < -0.3 is 14.6 Å². The first-order chi connectivity index (χ1) is 10.5. The Morgan fingerprint density at radius 3 is 2.55 bits per heavy atom. The molecule has 0 aliphatic carbocycles. The zero-order valence-corrected chi connectivity index (χ0v) is 12.8. The molecule has 0 saturated carbocycles. The Kier molecular flexibility index (Phi) is 4.88. The summed E-state index contributed by atoms with van der Waals surface area (Å²) in [4.78, 5) is 36.4. The first kappa shape index (κ1) is 15.7. The van der Waals surface area contributed by atoms with Crippen LogP contribution in [0.1, 0.15) is 21.7 Å². The molecule has 0 fully saturated rings. The number of hydrogen-bond acceptors (Lipinski definition) is 6. The molecule has 2 aromatic heterocycles. The van der Waals surface area contributed by atoms with E-state index in [2.05, 4.69) is 15.0 Å². The third kappa shape index (κ3) is 3.91. The van der Waals surface area contributed by atoms with Crippen LogP contribution in [0.3, 0.4) is 0 Å². The molecular weight excluding hydrogens is 284 g/mol. The van der Waals surface area contributed by atoms with E-state index in [1.807, 2.05) is 13.8 Å². The minimum absolute atomic E-state index is 0.0254. The van der Waals surface area contributed by atoms with Crippen LogP contribution in [-0.4, -0.2) is 46.9 Å². The van der Waals surface area contributed by atoms with Gasteiger partial charge in [-0.3, -0.25) is 9.59 Å². The maximum atomic E-state index is 12.0. The Labute approximate surface area is 128 Å². The minimum Gasteiger partial charge on any atom is -0.456 e. The van der Waals surface area contributed by atoms with Gasteiger partial charge in [0, 0.05) is 36.4 Å². The third-order valence-corrected chi connectivity index (χ3v) is 3.07. The van der Waals surface area contributed by atoms with Crippen LogP contribution in [0.4, 0.5) is 5.95 Å². The predicted octanol–water partition coefficient (Wildman–Crippen LogP) is 1.28. The number of aromatic nitrogens is 3. The summed E-state index contributed by atoms with van der Waals surface area (Å²) in [7, 11) is 1.68. The molecule has 22 heavy (non-hydrogen) atoms. The van der Waals surface area contributed by atoms with Gasteiger partial charge >= 0.3 is 5.97 Å². The lowest BCUT2D eigenvalue weighted by atomic mass is 10.2. The zero-order valence-electron chi connectivity index (χ0n) is 12.8. The van der Waals surface area contributed by atoms with E-state index < -0.39 is 5.97 Å². The number of nitrogens with zero attached hydrogens (tertiary/aromatic N) is 3. The molecule has 7 heteroatoms. The number of ketones is 1. The summed E-state index contributed by atoms with van der Waals surface area (Å²) >= 11 is 0. The number of H-pyrrole nitrogens is 1. The molecule has 0 radical (unpaired) electrons. The lowest BCUT2D eigenvalue weighted by Gasteiger charge is -2.15. The van der Waals surface area contributed by atoms with Crippen molar-refractivity contribution >= 4 is 17.7 Å². The summed E-state index contributed by atoms with van der Waals surface area (Å²) < 4.78 is 5.02. The molecule has 0 aliphatic heterocycles. The van der Waals surface area contributed by atoms with Crippen molar-refractivity contribution in [2.24, 2.45) is 0 Å². The first-order valence-corrected chi connectivity index (χ1v) is 6.80. The number of carbonyl (C=O) groups is 2. The molecule has 1 N–H and O–H groups in total. The van der Waals surface area contributed by atoms with E-state index in [0.29, 0.717) is 11.5 Å². The van der Waals surface area contributed by atoms with Crippen LogP contribution >= 0.6 is 0 Å². The third-order valence-electron chi connectivity index (χ3n) is 3.07. The number of ether oxygens (including phenoxy) is 1. The van der Waals surface area contributed by atoms with E-state index in [-0.39, 0.29) is 18.9 Å². The van der Waals surface area contributed by atoms with Gasteiger partial charge in [0.15, 0.2) is 6.61 Å². The number of aromatic amines is 1. The van der Waals surface area contributed by atoms with Gasteiger partial charge in [0.2, 0.25) is 11.7 Å². The van der Waals surface area contributed by atoms with Crippen molar-refractivity contribution in [1.82, 2.24) is 15.0 Å². The van der Waals surface area contributed by atoms with Crippen LogP contribution in [0.5, 0.6) is 0 Å². The smallest absolute Gasteiger partial charge is 0.326 e. The lowest BCUT2D eigenvalue weighted by molar-refractivity contribution is -0.140. The van der Waals surface area contributed by atoms with Gasteiger partial charge in [-0.2, -0.15) is 0 Å². The number of Topliss-reactive ketones (excluding diaryl/α,β-unsaturated/α-hetero) is 1. The summed E-state index contributed by atoms with van der Waals surface area (Å²) in [6.45, 7) is 3.37. The van der Waals surface area contributed by atoms with Gasteiger partial charge in [-0.05, 0) is 26.0 Å². The summed E-state index contributed by atoms with van der Waals surface area (Å²) in [5, 5.41) is 0. The fourth-order valence-electron chi connectivity index (χ4n) is 2.04. The summed E-state index contributed by atoms with van der Waals surface area (Å²) in [6, 6.07) is 3.44. The van der Waals surface area contributed by atoms with Gasteiger partial charge in [-0.1, -0.05) is 0 Å². The molecule has 0 saturated heterocycles. The highest BCUT2D eigenvalue weighted by Gasteiger charge is 2.15. The van der Waals surface area contributed by atoms with Crippen molar-refractivity contribution in [3.8, 4) is 0 Å². The van der Waals surface area contributed by atoms with E-state index in [1.54, 1.807) is 36.5 Å². The Balaban J connectivity index is 1.85. The second kappa shape index (κ2) is 6.84. The first-order valence-electron chi connectivity index (χ1n) is 6.80. The quantitative estimate of drug-likeness (QED) is 0.639. The SMILES string of the molecule is Cc1cc(C(=O)COC(=O)CN(C)c2ncccn2)c(C)[nH]1. The molecule has 2 aromatic rings. The Morgan fingerprint density at radius 2 is 1.95 bits per heavy atom. The number of likely N-dealkylation sites (N-methyl/N-ethyl adjacent to an activating group) is 1. The van der Waals surface area contributed by atoms with Crippen LogP contribution in [0, 0.1) is 13.8 Å². The highest BCUT2D eigenvalue weighted by atomic mass is 16.5. The Morgan fingerprint density at radius 1 is 1.27 bits per heavy atom. The van der Waals surface area contributed by atoms with E-state index in [0.717, 1.165) is 11.4 Å². The lowest BCUT2D eigenvalue weighted by Crippen LogP contribution is -2.29. The topological polar surface area (TPSA) is 88.2 Å². The zero-order chi connectivity index (χ0) is 16.1. The van der Waals surface area contributed by atoms with E-state index >= 15 is 0 Å². The molecule has 116 valence electrons. The molecule has 0 aromatic carbocycles. The average molecular weight is 302 g/mol. The second-order valence-corrected chi connectivity index (χ2v) is 4.98. The van der Waals surface area contributed by atoms with Crippen molar-refractivity contribution < 1.29 is 14.3 Å². The number of rotatable bonds is 6. The van der Waals surface area contributed by atoms with Gasteiger partial charge in [0.1, 0.15) is 6.54 Å². The van der Waals surface area contributed by atoms with Crippen molar-refractivity contribution in [1.29, 1.82) is 0 Å². The standard InChI is InChI=1S/C15H18N4O3/c1-10-7-12(11(2)18-10)13(20)9-22-14(21)8-19(3)15-16-5-4-6-17-15/h4-7,18H,8-9H2,1-3H3. The van der Waals surface area contributed by atoms with Gasteiger partial charge in [-0.15, -0.1) is 0 Å². The monoisotopic (exact) mass is 302 g/mol. The largest absolute Gasteiger partial charge is 0.456 e. The van der Waals surface area contributed by atoms with Gasteiger partial charge in [0.05, 0.1) is 0 Å². The van der Waals surface area contributed by atoms with Crippen LogP contribution in [0.2, 0.25) is 0 Å². The molecule has 0 amide bonds. The van der Waals surface area contributed by atoms with Crippen molar-refractivity contribution in [2.75, 3.05) is 25.1 Å². The van der Waals surface area contributed by atoms with Gasteiger partial charge in [-0.25, -0.2) is 9.97 Å². The second-order valence-electron chi connectivity index (χ2n) is 4.98. The van der Waals surface area contributed by atoms with Crippen LogP contribution in [-0.2, 0) is 9.53 Å². The fraction of sp³-hybridized carbons (Fsp3) is 0.333. The molecule has 0 bridgehead atoms. The summed E-state index contributed by atoms with van der Waals surface area (Å²) in [6.07, 6.45) is 3.18. The normalized spacial score (nSPS) is 10.3. The Bertz CT molecular complexity index is 667. The van der Waals surface area contributed by atoms with Crippen LogP contribution in [0.15, 0.2) is 24.5 Å². The summed E-state index contributed by atoms with van der Waals surface area (Å²) in [5.74, 6) is -0.315. The molecule has 0 spiro atoms. The van der Waals surface area contributed by atoms with Crippen LogP contribution in [0.25, 0.3) is 0 Å². The molecule has 0 atom stereocenters. The molecule has 2 rings (SSSR count). The number of carbonyl (C=O) groups excluding carboxylic acids is 2. The minimum atomic E-state index is -0.506. The molecule has 7 nitrogen and oxygen atoms in total. The number of nitrogens with one attached hydrogen (secondary N) is 1.